The van der Waals surface area contributed by atoms with Crippen LogP contribution in [-0.4, -0.2) is 40.9 Å². The molecule has 1 aliphatic rings. The standard InChI is InChI=1S/C14H19N3O2S.ClH/c15-7-4-8-17(9-11-5-2-1-3-6-11)13(18)12-10-20-14(19)16-12;/h1-3,5-6,12H,4,7-10,15H2,(H,16,19);1H/t12-;/m0./s1. The van der Waals surface area contributed by atoms with Crippen molar-refractivity contribution in [3.05, 3.63) is 35.9 Å². The van der Waals surface area contributed by atoms with Crippen molar-refractivity contribution in [2.45, 2.75) is 19.0 Å². The normalized spacial score (nSPS) is 17.0. The molecule has 3 N–H and O–H groups in total. The molecule has 1 fully saturated rings. The number of nitrogens with zero attached hydrogens (tertiary/aromatic N) is 1. The van der Waals surface area contributed by atoms with E-state index in [1.165, 1.54) is 0 Å². The first-order valence-electron chi connectivity index (χ1n) is 6.67. The number of hydrogen-bond donors (Lipinski definition) is 2. The summed E-state index contributed by atoms with van der Waals surface area (Å²) in [5.41, 5.74) is 6.61. The molecule has 0 radical (unpaired) electrons. The van der Waals surface area contributed by atoms with Gasteiger partial charge in [0.2, 0.25) is 5.91 Å². The SMILES string of the molecule is Cl.NCCCN(Cc1ccccc1)C(=O)[C@@H]1CSC(=O)N1. The van der Waals surface area contributed by atoms with Crippen molar-refractivity contribution in [3.8, 4) is 0 Å². The van der Waals surface area contributed by atoms with Gasteiger partial charge >= 0.3 is 0 Å². The van der Waals surface area contributed by atoms with Gasteiger partial charge in [0.05, 0.1) is 0 Å². The molecule has 0 spiro atoms. The van der Waals surface area contributed by atoms with E-state index in [4.69, 9.17) is 5.73 Å². The topological polar surface area (TPSA) is 75.4 Å². The molecule has 2 amide bonds. The van der Waals surface area contributed by atoms with Crippen molar-refractivity contribution in [3.63, 3.8) is 0 Å². The van der Waals surface area contributed by atoms with E-state index in [1.54, 1.807) is 4.90 Å². The summed E-state index contributed by atoms with van der Waals surface area (Å²) in [5, 5.41) is 2.57. The summed E-state index contributed by atoms with van der Waals surface area (Å²) in [7, 11) is 0. The van der Waals surface area contributed by atoms with Gasteiger partial charge in [-0.05, 0) is 18.5 Å². The fraction of sp³-hybridized carbons (Fsp3) is 0.429. The number of rotatable bonds is 6. The molecule has 21 heavy (non-hydrogen) atoms. The van der Waals surface area contributed by atoms with Crippen molar-refractivity contribution >= 4 is 35.3 Å². The second-order valence-corrected chi connectivity index (χ2v) is 5.68. The van der Waals surface area contributed by atoms with Crippen LogP contribution in [0.4, 0.5) is 4.79 Å². The van der Waals surface area contributed by atoms with Gasteiger partial charge in [-0.15, -0.1) is 12.4 Å². The molecule has 0 unspecified atom stereocenters. The Balaban J connectivity index is 0.00000220. The number of hydrogen-bond acceptors (Lipinski definition) is 4. The van der Waals surface area contributed by atoms with E-state index in [0.717, 1.165) is 23.7 Å². The largest absolute Gasteiger partial charge is 0.337 e. The molecular formula is C14H20ClN3O2S. The molecular weight excluding hydrogens is 310 g/mol. The molecule has 5 nitrogen and oxygen atoms in total. The smallest absolute Gasteiger partial charge is 0.279 e. The summed E-state index contributed by atoms with van der Waals surface area (Å²) in [6, 6.07) is 9.43. The van der Waals surface area contributed by atoms with Gasteiger partial charge < -0.3 is 16.0 Å². The van der Waals surface area contributed by atoms with Crippen LogP contribution >= 0.6 is 24.2 Å². The van der Waals surface area contributed by atoms with E-state index >= 15 is 0 Å². The first-order valence-corrected chi connectivity index (χ1v) is 7.65. The molecule has 1 aliphatic heterocycles. The second kappa shape index (κ2) is 8.92. The van der Waals surface area contributed by atoms with Gasteiger partial charge in [-0.2, -0.15) is 0 Å². The van der Waals surface area contributed by atoms with Gasteiger partial charge in [0, 0.05) is 18.8 Å². The fourth-order valence-electron chi connectivity index (χ4n) is 2.09. The average molecular weight is 330 g/mol. The Morgan fingerprint density at radius 2 is 2.10 bits per heavy atom. The van der Waals surface area contributed by atoms with Crippen LogP contribution in [0.15, 0.2) is 30.3 Å². The third-order valence-corrected chi connectivity index (χ3v) is 4.01. The Hall–Kier alpha value is -1.24. The summed E-state index contributed by atoms with van der Waals surface area (Å²) >= 11 is 1.16. The second-order valence-electron chi connectivity index (χ2n) is 4.68. The number of carbonyl (C=O) groups is 2. The third kappa shape index (κ3) is 5.22. The number of halogens is 1. The van der Waals surface area contributed by atoms with Crippen LogP contribution in [0.3, 0.4) is 0 Å². The van der Waals surface area contributed by atoms with Gasteiger partial charge in [-0.1, -0.05) is 42.1 Å². The summed E-state index contributed by atoms with van der Waals surface area (Å²) in [6.45, 7) is 1.71. The molecule has 0 bridgehead atoms. The van der Waals surface area contributed by atoms with Crippen LogP contribution in [0.25, 0.3) is 0 Å². The van der Waals surface area contributed by atoms with E-state index in [9.17, 15) is 9.59 Å². The number of nitrogens with two attached hydrogens (primary N) is 1. The Morgan fingerprint density at radius 3 is 2.67 bits per heavy atom. The maximum Gasteiger partial charge on any atom is 0.279 e. The van der Waals surface area contributed by atoms with E-state index in [1.807, 2.05) is 30.3 Å². The van der Waals surface area contributed by atoms with Crippen LogP contribution < -0.4 is 11.1 Å². The Morgan fingerprint density at radius 1 is 1.38 bits per heavy atom. The fourth-order valence-corrected chi connectivity index (χ4v) is 2.86. The predicted molar refractivity (Wildman–Crippen MR) is 87.6 cm³/mol. The zero-order valence-corrected chi connectivity index (χ0v) is 13.3. The van der Waals surface area contributed by atoms with Crippen LogP contribution in [-0.2, 0) is 11.3 Å². The number of benzene rings is 1. The van der Waals surface area contributed by atoms with E-state index < -0.39 is 6.04 Å². The Labute approximate surface area is 135 Å². The lowest BCUT2D eigenvalue weighted by molar-refractivity contribution is -0.133. The minimum Gasteiger partial charge on any atom is -0.337 e. The number of amides is 2. The highest BCUT2D eigenvalue weighted by atomic mass is 35.5. The summed E-state index contributed by atoms with van der Waals surface area (Å²) < 4.78 is 0. The Bertz CT molecular complexity index is 473. The van der Waals surface area contributed by atoms with Gasteiger partial charge in [-0.25, -0.2) is 0 Å². The molecule has 7 heteroatoms. The highest BCUT2D eigenvalue weighted by Gasteiger charge is 2.31. The third-order valence-electron chi connectivity index (χ3n) is 3.13. The highest BCUT2D eigenvalue weighted by Crippen LogP contribution is 2.16. The van der Waals surface area contributed by atoms with Crippen molar-refractivity contribution in [1.29, 1.82) is 0 Å². The van der Waals surface area contributed by atoms with Crippen molar-refractivity contribution in [1.82, 2.24) is 10.2 Å². The molecule has 0 aliphatic carbocycles. The lowest BCUT2D eigenvalue weighted by Gasteiger charge is -2.25. The van der Waals surface area contributed by atoms with Crippen molar-refractivity contribution in [2.24, 2.45) is 5.73 Å². The van der Waals surface area contributed by atoms with Crippen molar-refractivity contribution < 1.29 is 9.59 Å². The van der Waals surface area contributed by atoms with Crippen LogP contribution in [0.1, 0.15) is 12.0 Å². The maximum absolute atomic E-state index is 12.5. The summed E-state index contributed by atoms with van der Waals surface area (Å²) in [4.78, 5) is 25.4. The van der Waals surface area contributed by atoms with Crippen molar-refractivity contribution in [2.75, 3.05) is 18.8 Å². The average Bonchev–Trinajstić information content (AvgIpc) is 2.90. The molecule has 116 valence electrons. The monoisotopic (exact) mass is 329 g/mol. The number of thioether (sulfide) groups is 1. The van der Waals surface area contributed by atoms with Gasteiger partial charge in [0.1, 0.15) is 6.04 Å². The summed E-state index contributed by atoms with van der Waals surface area (Å²) in [6.07, 6.45) is 0.756. The van der Waals surface area contributed by atoms with Crippen LogP contribution in [0.5, 0.6) is 0 Å². The van der Waals surface area contributed by atoms with Gasteiger partial charge in [0.25, 0.3) is 5.24 Å². The molecule has 1 atom stereocenters. The molecule has 1 heterocycles. The zero-order valence-electron chi connectivity index (χ0n) is 11.7. The molecule has 1 aromatic rings. The molecule has 2 rings (SSSR count). The first kappa shape index (κ1) is 17.8. The predicted octanol–water partition coefficient (Wildman–Crippen LogP) is 1.61. The van der Waals surface area contributed by atoms with E-state index in [-0.39, 0.29) is 23.6 Å². The lowest BCUT2D eigenvalue weighted by Crippen LogP contribution is -2.45. The highest BCUT2D eigenvalue weighted by molar-refractivity contribution is 8.14. The first-order chi connectivity index (χ1) is 9.70. The van der Waals surface area contributed by atoms with E-state index in [0.29, 0.717) is 25.4 Å². The minimum absolute atomic E-state index is 0. The molecule has 1 aromatic carbocycles. The quantitative estimate of drug-likeness (QED) is 0.831. The van der Waals surface area contributed by atoms with E-state index in [2.05, 4.69) is 5.32 Å². The number of nitrogens with one attached hydrogen (secondary N) is 1. The van der Waals surface area contributed by atoms with Crippen LogP contribution in [0, 0.1) is 0 Å². The van der Waals surface area contributed by atoms with Gasteiger partial charge in [-0.3, -0.25) is 9.59 Å². The van der Waals surface area contributed by atoms with Gasteiger partial charge in [0.15, 0.2) is 0 Å². The summed E-state index contributed by atoms with van der Waals surface area (Å²) in [5.74, 6) is 0.478. The number of carbonyl (C=O) groups excluding carboxylic acids is 2. The zero-order chi connectivity index (χ0) is 14.4. The molecule has 1 saturated heterocycles. The molecule has 0 aromatic heterocycles. The maximum atomic E-state index is 12.5. The Kier molecular flexibility index (Phi) is 7.56. The van der Waals surface area contributed by atoms with Crippen LogP contribution in [0.2, 0.25) is 0 Å². The minimum atomic E-state index is -0.408. The lowest BCUT2D eigenvalue weighted by atomic mass is 10.2. The molecule has 0 saturated carbocycles.